The van der Waals surface area contributed by atoms with E-state index in [1.165, 1.54) is 52.4 Å². The van der Waals surface area contributed by atoms with Gasteiger partial charge in [-0.3, -0.25) is 24.2 Å². The van der Waals surface area contributed by atoms with E-state index in [9.17, 15) is 36.8 Å². The smallest absolute Gasteiger partial charge is 0.251 e. The molecule has 1 aliphatic heterocycles. The predicted octanol–water partition coefficient (Wildman–Crippen LogP) is 6.45. The van der Waals surface area contributed by atoms with Crippen molar-refractivity contribution in [1.82, 2.24) is 4.98 Å². The van der Waals surface area contributed by atoms with Crippen LogP contribution in [0.1, 0.15) is 68.5 Å². The fraction of sp³-hybridized carbons (Fsp3) is 0.382. The van der Waals surface area contributed by atoms with Gasteiger partial charge in [0, 0.05) is 54.4 Å². The van der Waals surface area contributed by atoms with Crippen LogP contribution in [-0.2, 0) is 24.2 Å². The van der Waals surface area contributed by atoms with Crippen LogP contribution in [0.25, 0.3) is 0 Å². The van der Waals surface area contributed by atoms with Crippen LogP contribution < -0.4 is 9.80 Å². The highest BCUT2D eigenvalue weighted by Gasteiger charge is 2.44. The summed E-state index contributed by atoms with van der Waals surface area (Å²) >= 11 is 6.65. The first-order valence-electron chi connectivity index (χ1n) is 15.3. The molecule has 0 N–H and O–H groups in total. The minimum absolute atomic E-state index is 0.0108. The fourth-order valence-corrected chi connectivity index (χ4v) is 7.18. The molecule has 246 valence electrons. The summed E-state index contributed by atoms with van der Waals surface area (Å²) in [5.41, 5.74) is 0.600. The van der Waals surface area contributed by atoms with Crippen LogP contribution in [0.2, 0.25) is 5.02 Å². The normalized spacial score (nSPS) is 18.8. The number of Topliss-reactive ketones (excluding diaryl/α,β-unsaturated/α-hetero) is 1. The Labute approximate surface area is 277 Å². The summed E-state index contributed by atoms with van der Waals surface area (Å²) in [4.78, 5) is 48.9. The second-order valence-corrected chi connectivity index (χ2v) is 14.5. The molecule has 9 nitrogen and oxygen atoms in total. The van der Waals surface area contributed by atoms with Crippen molar-refractivity contribution in [2.75, 3.05) is 16.1 Å². The number of pyridine rings is 1. The van der Waals surface area contributed by atoms with Gasteiger partial charge in [0.1, 0.15) is 17.9 Å². The van der Waals surface area contributed by atoms with Gasteiger partial charge in [-0.05, 0) is 68.0 Å². The van der Waals surface area contributed by atoms with E-state index in [1.807, 2.05) is 6.07 Å². The Morgan fingerprint density at radius 1 is 1.11 bits per heavy atom. The Hall–Kier alpha value is -4.21. The average molecular weight is 683 g/mol. The molecule has 2 heterocycles. The second kappa shape index (κ2) is 13.9. The third-order valence-corrected chi connectivity index (χ3v) is 10.2. The zero-order chi connectivity index (χ0) is 33.9. The monoisotopic (exact) mass is 682 g/mol. The molecule has 1 unspecified atom stereocenters. The lowest BCUT2D eigenvalue weighted by Crippen LogP contribution is -2.50. The van der Waals surface area contributed by atoms with Crippen LogP contribution in [0.3, 0.4) is 0 Å². The van der Waals surface area contributed by atoms with Crippen molar-refractivity contribution in [2.24, 2.45) is 5.92 Å². The standard InChI is InChI=1S/C34H33ClF2N4O5S/c1-47(45,46)25-6-4-5-24(20-25)40(33(44)28-10-12-31(43)41(28)30-19-23(21-38)15-18-39-30)32(26-7-2-3-8-27(26)35)29(42)11-9-22-13-16-34(36,37)17-14-22/h2-8,15,18-20,22,28,32H,9-14,16-17H2,1H3/t28-,32?/m0/s1. The van der Waals surface area contributed by atoms with Crippen molar-refractivity contribution in [3.8, 4) is 6.07 Å². The zero-order valence-electron chi connectivity index (χ0n) is 25.6. The number of aromatic nitrogens is 1. The first-order chi connectivity index (χ1) is 22.3. The molecule has 3 aromatic rings. The average Bonchev–Trinajstić information content (AvgIpc) is 3.44. The number of nitrogens with zero attached hydrogens (tertiary/aromatic N) is 4. The van der Waals surface area contributed by atoms with Gasteiger partial charge in [-0.25, -0.2) is 22.2 Å². The first kappa shape index (κ1) is 34.1. The lowest BCUT2D eigenvalue weighted by atomic mass is 9.82. The van der Waals surface area contributed by atoms with Crippen LogP contribution in [0.15, 0.2) is 71.8 Å². The Kier molecular flexibility index (Phi) is 10.1. The van der Waals surface area contributed by atoms with Crippen LogP contribution >= 0.6 is 11.6 Å². The predicted molar refractivity (Wildman–Crippen MR) is 172 cm³/mol. The molecule has 2 aromatic carbocycles. The van der Waals surface area contributed by atoms with Gasteiger partial charge >= 0.3 is 0 Å². The van der Waals surface area contributed by atoms with Crippen molar-refractivity contribution >= 4 is 50.5 Å². The summed E-state index contributed by atoms with van der Waals surface area (Å²) in [5.74, 6) is -4.25. The van der Waals surface area contributed by atoms with Crippen molar-refractivity contribution in [2.45, 2.75) is 74.3 Å². The van der Waals surface area contributed by atoms with E-state index < -0.39 is 45.4 Å². The number of carbonyl (C=O) groups excluding carboxylic acids is 3. The van der Waals surface area contributed by atoms with Gasteiger partial charge in [-0.2, -0.15) is 5.26 Å². The molecule has 0 bridgehead atoms. The number of anilines is 2. The molecule has 1 aromatic heterocycles. The zero-order valence-corrected chi connectivity index (χ0v) is 27.2. The SMILES string of the molecule is CS(=O)(=O)c1cccc(N(C(=O)[C@@H]2CCC(=O)N2c2cc(C#N)ccn2)C(C(=O)CCC2CCC(F)(F)CC2)c2ccccc2Cl)c1. The number of rotatable bonds is 10. The summed E-state index contributed by atoms with van der Waals surface area (Å²) in [7, 11) is -3.74. The van der Waals surface area contributed by atoms with E-state index in [4.69, 9.17) is 11.6 Å². The van der Waals surface area contributed by atoms with Gasteiger partial charge in [-0.1, -0.05) is 35.9 Å². The highest BCUT2D eigenvalue weighted by Crippen LogP contribution is 2.40. The van der Waals surface area contributed by atoms with Crippen molar-refractivity contribution in [1.29, 1.82) is 5.26 Å². The fourth-order valence-electron chi connectivity index (χ4n) is 6.28. The molecule has 2 atom stereocenters. The molecule has 2 amide bonds. The van der Waals surface area contributed by atoms with Gasteiger partial charge in [0.05, 0.1) is 16.5 Å². The molecule has 47 heavy (non-hydrogen) atoms. The van der Waals surface area contributed by atoms with Crippen LogP contribution in [-0.4, -0.2) is 49.2 Å². The quantitative estimate of drug-likeness (QED) is 0.240. The molecule has 2 aliphatic rings. The molecular formula is C34H33ClF2N4O5S. The third kappa shape index (κ3) is 7.68. The molecular weight excluding hydrogens is 650 g/mol. The van der Waals surface area contributed by atoms with Gasteiger partial charge in [-0.15, -0.1) is 0 Å². The summed E-state index contributed by atoms with van der Waals surface area (Å²) in [6.45, 7) is 0. The number of carbonyl (C=O) groups is 3. The van der Waals surface area contributed by atoms with E-state index in [0.29, 0.717) is 6.42 Å². The molecule has 1 saturated heterocycles. The Bertz CT molecular complexity index is 1840. The van der Waals surface area contributed by atoms with E-state index in [0.717, 1.165) is 6.26 Å². The summed E-state index contributed by atoms with van der Waals surface area (Å²) in [6, 6.07) is 14.5. The summed E-state index contributed by atoms with van der Waals surface area (Å²) in [5, 5.41) is 9.62. The number of hydrogen-bond donors (Lipinski definition) is 0. The van der Waals surface area contributed by atoms with E-state index in [2.05, 4.69) is 4.98 Å². The van der Waals surface area contributed by atoms with E-state index in [-0.39, 0.29) is 83.4 Å². The number of halogens is 3. The number of amides is 2. The minimum atomic E-state index is -3.74. The number of nitriles is 1. The van der Waals surface area contributed by atoms with Crippen LogP contribution in [0.5, 0.6) is 0 Å². The first-order valence-corrected chi connectivity index (χ1v) is 17.5. The molecule has 0 spiro atoms. The number of sulfone groups is 1. The molecule has 0 radical (unpaired) electrons. The maximum absolute atomic E-state index is 14.8. The van der Waals surface area contributed by atoms with Gasteiger partial charge < -0.3 is 0 Å². The molecule has 2 fully saturated rings. The maximum Gasteiger partial charge on any atom is 0.251 e. The Balaban J connectivity index is 1.60. The summed E-state index contributed by atoms with van der Waals surface area (Å²) in [6.07, 6.45) is 2.72. The highest BCUT2D eigenvalue weighted by atomic mass is 35.5. The third-order valence-electron chi connectivity index (χ3n) is 8.78. The lowest BCUT2D eigenvalue weighted by molar-refractivity contribution is -0.126. The second-order valence-electron chi connectivity index (χ2n) is 12.0. The van der Waals surface area contributed by atoms with Crippen molar-refractivity contribution in [3.05, 3.63) is 83.0 Å². The Morgan fingerprint density at radius 3 is 2.51 bits per heavy atom. The molecule has 5 rings (SSSR count). The topological polar surface area (TPSA) is 129 Å². The van der Waals surface area contributed by atoms with Crippen molar-refractivity contribution < 1.29 is 31.6 Å². The number of ketones is 1. The van der Waals surface area contributed by atoms with Crippen molar-refractivity contribution in [3.63, 3.8) is 0 Å². The maximum atomic E-state index is 14.8. The lowest BCUT2D eigenvalue weighted by Gasteiger charge is -2.36. The minimum Gasteiger partial charge on any atom is -0.297 e. The summed E-state index contributed by atoms with van der Waals surface area (Å²) < 4.78 is 52.8. The van der Waals surface area contributed by atoms with Crippen LogP contribution in [0.4, 0.5) is 20.3 Å². The number of alkyl halides is 2. The molecule has 1 aliphatic carbocycles. The van der Waals surface area contributed by atoms with Gasteiger partial charge in [0.25, 0.3) is 5.91 Å². The molecule has 1 saturated carbocycles. The van der Waals surface area contributed by atoms with E-state index in [1.54, 1.807) is 24.3 Å². The van der Waals surface area contributed by atoms with E-state index >= 15 is 0 Å². The number of hydrogen-bond acceptors (Lipinski definition) is 7. The van der Waals surface area contributed by atoms with Crippen LogP contribution in [0, 0.1) is 17.2 Å². The molecule has 13 heteroatoms. The van der Waals surface area contributed by atoms with Gasteiger partial charge in [0.15, 0.2) is 15.6 Å². The largest absolute Gasteiger partial charge is 0.297 e. The Morgan fingerprint density at radius 2 is 1.83 bits per heavy atom. The highest BCUT2D eigenvalue weighted by molar-refractivity contribution is 7.90. The number of benzene rings is 2. The van der Waals surface area contributed by atoms with Gasteiger partial charge in [0.2, 0.25) is 11.8 Å².